The minimum Gasteiger partial charge on any atom is -0.508 e. The van der Waals surface area contributed by atoms with Crippen LogP contribution in [0.1, 0.15) is 16.8 Å². The van der Waals surface area contributed by atoms with E-state index in [9.17, 15) is 9.90 Å². The highest BCUT2D eigenvalue weighted by Crippen LogP contribution is 2.18. The van der Waals surface area contributed by atoms with Crippen LogP contribution >= 0.6 is 0 Å². The quantitative estimate of drug-likeness (QED) is 0.690. The van der Waals surface area contributed by atoms with Gasteiger partial charge in [0.1, 0.15) is 5.75 Å². The number of benzene rings is 1. The number of phenolic OH excluding ortho intramolecular Hbond substituents is 1. The van der Waals surface area contributed by atoms with E-state index in [1.807, 2.05) is 0 Å². The highest BCUT2D eigenvalue weighted by molar-refractivity contribution is 5.98. The number of carbonyl (C=O) groups is 1. The van der Waals surface area contributed by atoms with Crippen molar-refractivity contribution in [1.29, 1.82) is 0 Å². The first-order valence-corrected chi connectivity index (χ1v) is 4.81. The summed E-state index contributed by atoms with van der Waals surface area (Å²) in [6.45, 7) is 1.67. The summed E-state index contributed by atoms with van der Waals surface area (Å²) in [7, 11) is 0. The van der Waals surface area contributed by atoms with Crippen LogP contribution in [-0.2, 0) is 0 Å². The first kappa shape index (κ1) is 9.21. The second kappa shape index (κ2) is 3.80. The fraction of sp³-hybridized carbons (Fsp3) is 0.364. The third-order valence-electron chi connectivity index (χ3n) is 2.56. The third-order valence-corrected chi connectivity index (χ3v) is 2.56. The second-order valence-corrected chi connectivity index (χ2v) is 3.60. The van der Waals surface area contributed by atoms with Crippen molar-refractivity contribution in [3.05, 3.63) is 29.8 Å². The van der Waals surface area contributed by atoms with Crippen LogP contribution in [0.4, 0.5) is 0 Å². The Morgan fingerprint density at radius 3 is 3.00 bits per heavy atom. The van der Waals surface area contributed by atoms with Crippen molar-refractivity contribution in [3.63, 3.8) is 0 Å². The molecule has 3 heteroatoms. The fourth-order valence-corrected chi connectivity index (χ4v) is 1.77. The van der Waals surface area contributed by atoms with Crippen molar-refractivity contribution >= 4 is 5.78 Å². The molecular weight excluding hydrogens is 178 g/mol. The Balaban J connectivity index is 2.17. The highest BCUT2D eigenvalue weighted by Gasteiger charge is 2.23. The molecule has 1 atom stereocenters. The normalized spacial score (nSPS) is 21.0. The van der Waals surface area contributed by atoms with Gasteiger partial charge in [-0.15, -0.1) is 0 Å². The number of hydrogen-bond donors (Lipinski definition) is 2. The van der Waals surface area contributed by atoms with E-state index in [0.29, 0.717) is 5.56 Å². The molecule has 0 aromatic heterocycles. The molecule has 1 aliphatic rings. The van der Waals surface area contributed by atoms with E-state index in [1.165, 1.54) is 6.07 Å². The minimum absolute atomic E-state index is 0.0804. The second-order valence-electron chi connectivity index (χ2n) is 3.60. The molecule has 1 aromatic rings. The van der Waals surface area contributed by atoms with Crippen LogP contribution in [0.5, 0.6) is 5.75 Å². The predicted octanol–water partition coefficient (Wildman–Crippen LogP) is 1.18. The Morgan fingerprint density at radius 1 is 1.50 bits per heavy atom. The number of Topliss-reactive ketones (excluding diaryl/α,β-unsaturated/α-hetero) is 1. The number of hydrogen-bond acceptors (Lipinski definition) is 3. The maximum atomic E-state index is 11.8. The predicted molar refractivity (Wildman–Crippen MR) is 53.4 cm³/mol. The molecule has 1 heterocycles. The molecule has 1 aliphatic heterocycles. The van der Waals surface area contributed by atoms with E-state index >= 15 is 0 Å². The number of ketones is 1. The Hall–Kier alpha value is -1.35. The lowest BCUT2D eigenvalue weighted by Crippen LogP contribution is -2.17. The Labute approximate surface area is 82.8 Å². The summed E-state index contributed by atoms with van der Waals surface area (Å²) >= 11 is 0. The van der Waals surface area contributed by atoms with Gasteiger partial charge in [-0.1, -0.05) is 12.1 Å². The summed E-state index contributed by atoms with van der Waals surface area (Å²) in [5.41, 5.74) is 0.610. The summed E-state index contributed by atoms with van der Waals surface area (Å²) in [4.78, 5) is 11.8. The molecule has 0 aliphatic carbocycles. The van der Waals surface area contributed by atoms with E-state index < -0.39 is 0 Å². The van der Waals surface area contributed by atoms with Gasteiger partial charge in [0, 0.05) is 18.0 Å². The highest BCUT2D eigenvalue weighted by atomic mass is 16.3. The summed E-state index contributed by atoms with van der Waals surface area (Å²) in [6, 6.07) is 6.55. The maximum Gasteiger partial charge on any atom is 0.167 e. The Morgan fingerprint density at radius 2 is 2.36 bits per heavy atom. The average molecular weight is 191 g/mol. The van der Waals surface area contributed by atoms with E-state index in [-0.39, 0.29) is 17.5 Å². The zero-order valence-corrected chi connectivity index (χ0v) is 7.86. The lowest BCUT2D eigenvalue weighted by Gasteiger charge is -2.06. The maximum absolute atomic E-state index is 11.8. The van der Waals surface area contributed by atoms with Crippen molar-refractivity contribution in [2.45, 2.75) is 6.42 Å². The molecule has 0 amide bonds. The lowest BCUT2D eigenvalue weighted by molar-refractivity contribution is 0.0930. The molecule has 1 saturated heterocycles. The summed E-state index contributed by atoms with van der Waals surface area (Å²) < 4.78 is 0. The summed E-state index contributed by atoms with van der Waals surface area (Å²) in [5, 5.41) is 12.4. The number of nitrogens with one attached hydrogen (secondary N) is 1. The van der Waals surface area contributed by atoms with Gasteiger partial charge in [-0.05, 0) is 25.1 Å². The van der Waals surface area contributed by atoms with Crippen LogP contribution < -0.4 is 5.32 Å². The number of aromatic hydroxyl groups is 1. The standard InChI is InChI=1S/C11H13NO2/c13-10-3-1-2-8(6-10)11(14)9-4-5-12-7-9/h1-3,6,9,12-13H,4-5,7H2. The SMILES string of the molecule is O=C(c1cccc(O)c1)C1CCNC1. The van der Waals surface area contributed by atoms with Crippen LogP contribution in [-0.4, -0.2) is 24.0 Å². The third kappa shape index (κ3) is 1.77. The average Bonchev–Trinajstić information content (AvgIpc) is 2.69. The lowest BCUT2D eigenvalue weighted by atomic mass is 9.97. The van der Waals surface area contributed by atoms with Crippen LogP contribution in [0.3, 0.4) is 0 Å². The molecule has 1 unspecified atom stereocenters. The largest absolute Gasteiger partial charge is 0.508 e. The van der Waals surface area contributed by atoms with E-state index in [2.05, 4.69) is 5.32 Å². The van der Waals surface area contributed by atoms with Gasteiger partial charge < -0.3 is 10.4 Å². The van der Waals surface area contributed by atoms with Gasteiger partial charge in [0.2, 0.25) is 0 Å². The molecule has 0 saturated carbocycles. The van der Waals surface area contributed by atoms with Gasteiger partial charge in [0.05, 0.1) is 0 Å². The molecule has 2 N–H and O–H groups in total. The van der Waals surface area contributed by atoms with E-state index in [0.717, 1.165) is 19.5 Å². The molecular formula is C11H13NO2. The van der Waals surface area contributed by atoms with Crippen LogP contribution in [0.15, 0.2) is 24.3 Å². The molecule has 0 radical (unpaired) electrons. The van der Waals surface area contributed by atoms with Crippen LogP contribution in [0.25, 0.3) is 0 Å². The van der Waals surface area contributed by atoms with Crippen molar-refractivity contribution in [2.75, 3.05) is 13.1 Å². The number of phenols is 1. The molecule has 2 rings (SSSR count). The molecule has 74 valence electrons. The monoisotopic (exact) mass is 191 g/mol. The molecule has 3 nitrogen and oxygen atoms in total. The van der Waals surface area contributed by atoms with Gasteiger partial charge in [0.15, 0.2) is 5.78 Å². The van der Waals surface area contributed by atoms with Crippen molar-refractivity contribution < 1.29 is 9.90 Å². The topological polar surface area (TPSA) is 49.3 Å². The van der Waals surface area contributed by atoms with Gasteiger partial charge in [-0.2, -0.15) is 0 Å². The Bertz CT molecular complexity index is 343. The van der Waals surface area contributed by atoms with Crippen molar-refractivity contribution in [1.82, 2.24) is 5.32 Å². The van der Waals surface area contributed by atoms with E-state index in [1.54, 1.807) is 18.2 Å². The first-order valence-electron chi connectivity index (χ1n) is 4.81. The zero-order chi connectivity index (χ0) is 9.97. The van der Waals surface area contributed by atoms with Crippen LogP contribution in [0.2, 0.25) is 0 Å². The van der Waals surface area contributed by atoms with Crippen molar-refractivity contribution in [2.24, 2.45) is 5.92 Å². The molecule has 0 bridgehead atoms. The van der Waals surface area contributed by atoms with Crippen LogP contribution in [0, 0.1) is 5.92 Å². The van der Waals surface area contributed by atoms with Gasteiger partial charge >= 0.3 is 0 Å². The first-order chi connectivity index (χ1) is 6.77. The van der Waals surface area contributed by atoms with Crippen molar-refractivity contribution in [3.8, 4) is 5.75 Å². The van der Waals surface area contributed by atoms with Gasteiger partial charge in [0.25, 0.3) is 0 Å². The minimum atomic E-state index is 0.0804. The fourth-order valence-electron chi connectivity index (χ4n) is 1.77. The smallest absolute Gasteiger partial charge is 0.167 e. The summed E-state index contributed by atoms with van der Waals surface area (Å²) in [5.74, 6) is 0.365. The molecule has 1 aromatic carbocycles. The Kier molecular flexibility index (Phi) is 2.50. The molecule has 14 heavy (non-hydrogen) atoms. The summed E-state index contributed by atoms with van der Waals surface area (Å²) in [6.07, 6.45) is 0.897. The molecule has 0 spiro atoms. The zero-order valence-electron chi connectivity index (χ0n) is 7.86. The number of rotatable bonds is 2. The number of carbonyl (C=O) groups excluding carboxylic acids is 1. The molecule has 1 fully saturated rings. The van der Waals surface area contributed by atoms with Gasteiger partial charge in [-0.3, -0.25) is 4.79 Å². The van der Waals surface area contributed by atoms with E-state index in [4.69, 9.17) is 0 Å². The van der Waals surface area contributed by atoms with Gasteiger partial charge in [-0.25, -0.2) is 0 Å².